The number of benzene rings is 1. The molecule has 0 spiro atoms. The molecule has 0 aromatic heterocycles. The Morgan fingerprint density at radius 1 is 1.40 bits per heavy atom. The number of rotatable bonds is 1. The van der Waals surface area contributed by atoms with Crippen molar-refractivity contribution in [2.24, 2.45) is 10.8 Å². The molecule has 1 aliphatic rings. The molecule has 15 heavy (non-hydrogen) atoms. The van der Waals surface area contributed by atoms with Crippen molar-refractivity contribution in [3.63, 3.8) is 0 Å². The summed E-state index contributed by atoms with van der Waals surface area (Å²) in [6.45, 7) is 0. The Hall–Kier alpha value is -1.75. The van der Waals surface area contributed by atoms with Crippen molar-refractivity contribution in [2.75, 3.05) is 0 Å². The smallest absolute Gasteiger partial charge is 0.184 e. The topological polar surface area (TPSA) is 67.5 Å². The molecule has 0 amide bonds. The predicted octanol–water partition coefficient (Wildman–Crippen LogP) is 0.810. The van der Waals surface area contributed by atoms with Gasteiger partial charge in [-0.3, -0.25) is 10.2 Å². The molecule has 1 aromatic carbocycles. The normalized spacial score (nSPS) is 16.5. The highest BCUT2D eigenvalue weighted by molar-refractivity contribution is 7.80. The van der Waals surface area contributed by atoms with E-state index in [2.05, 4.69) is 22.7 Å². The molecular weight excluding hydrogens is 210 g/mol. The third-order valence-electron chi connectivity index (χ3n) is 2.17. The number of nitrogens with zero attached hydrogens (tertiary/aromatic N) is 1. The fourth-order valence-electron chi connectivity index (χ4n) is 1.54. The zero-order valence-electron chi connectivity index (χ0n) is 7.86. The minimum Gasteiger partial charge on any atom is -0.375 e. The first kappa shape index (κ1) is 9.79. The molecule has 2 rings (SSSR count). The van der Waals surface area contributed by atoms with Crippen LogP contribution >= 0.6 is 12.2 Å². The summed E-state index contributed by atoms with van der Waals surface area (Å²) >= 11 is 4.63. The molecule has 0 saturated heterocycles. The summed E-state index contributed by atoms with van der Waals surface area (Å²) in [5.74, 6) is 0.0779. The molecule has 0 heterocycles. The van der Waals surface area contributed by atoms with Gasteiger partial charge in [-0.05, 0) is 12.2 Å². The first-order valence-electron chi connectivity index (χ1n) is 4.43. The van der Waals surface area contributed by atoms with E-state index in [0.717, 1.165) is 5.56 Å². The van der Waals surface area contributed by atoms with E-state index < -0.39 is 0 Å². The van der Waals surface area contributed by atoms with Gasteiger partial charge in [0.15, 0.2) is 10.9 Å². The largest absolute Gasteiger partial charge is 0.375 e. The summed E-state index contributed by atoms with van der Waals surface area (Å²) in [6, 6.07) is 7.36. The highest BCUT2D eigenvalue weighted by atomic mass is 32.1. The summed E-state index contributed by atoms with van der Waals surface area (Å²) in [6.07, 6.45) is 0.301. The molecule has 0 unspecified atom stereocenters. The van der Waals surface area contributed by atoms with Gasteiger partial charge >= 0.3 is 0 Å². The van der Waals surface area contributed by atoms with E-state index in [1.807, 2.05) is 18.2 Å². The number of thiocarbonyl (C=S) groups is 1. The predicted molar refractivity (Wildman–Crippen MR) is 61.8 cm³/mol. The van der Waals surface area contributed by atoms with Gasteiger partial charge < -0.3 is 5.73 Å². The van der Waals surface area contributed by atoms with Crippen LogP contribution in [0.25, 0.3) is 0 Å². The Morgan fingerprint density at radius 2 is 2.07 bits per heavy atom. The van der Waals surface area contributed by atoms with Crippen molar-refractivity contribution < 1.29 is 4.79 Å². The summed E-state index contributed by atoms with van der Waals surface area (Å²) in [7, 11) is 0. The van der Waals surface area contributed by atoms with Crippen LogP contribution in [-0.2, 0) is 0 Å². The average molecular weight is 219 g/mol. The first-order valence-corrected chi connectivity index (χ1v) is 4.84. The Bertz CT molecular complexity index is 467. The molecule has 0 saturated carbocycles. The van der Waals surface area contributed by atoms with Crippen molar-refractivity contribution in [1.29, 1.82) is 0 Å². The molecule has 0 radical (unpaired) electrons. The molecule has 1 aliphatic carbocycles. The van der Waals surface area contributed by atoms with Crippen molar-refractivity contribution in [1.82, 2.24) is 5.43 Å². The summed E-state index contributed by atoms with van der Waals surface area (Å²) < 4.78 is 0. The van der Waals surface area contributed by atoms with Gasteiger partial charge in [0.1, 0.15) is 0 Å². The third-order valence-corrected chi connectivity index (χ3v) is 2.26. The standard InChI is InChI=1S/C10H9N3OS/c11-10(15)13-12-8-5-9(14)7-4-2-1-3-6(7)8/h1-4H,5H2,(H3,11,13,15). The van der Waals surface area contributed by atoms with Gasteiger partial charge in [0, 0.05) is 11.1 Å². The monoisotopic (exact) mass is 219 g/mol. The number of hydrogen-bond donors (Lipinski definition) is 2. The van der Waals surface area contributed by atoms with Gasteiger partial charge in [0.2, 0.25) is 0 Å². The molecule has 3 N–H and O–H groups in total. The fraction of sp³-hybridized carbons (Fsp3) is 0.100. The molecule has 0 bridgehead atoms. The minimum atomic E-state index is 0.0779. The molecular formula is C10H9N3OS. The number of nitrogens with two attached hydrogens (primary N) is 1. The lowest BCUT2D eigenvalue weighted by Crippen LogP contribution is -2.25. The number of carbonyl (C=O) groups is 1. The summed E-state index contributed by atoms with van der Waals surface area (Å²) in [4.78, 5) is 11.5. The molecule has 76 valence electrons. The lowest BCUT2D eigenvalue weighted by molar-refractivity contribution is 0.101. The van der Waals surface area contributed by atoms with E-state index in [9.17, 15) is 4.79 Å². The SMILES string of the molecule is NC(=S)NN=C1CC(=O)c2ccccc21. The highest BCUT2D eigenvalue weighted by Crippen LogP contribution is 2.21. The van der Waals surface area contributed by atoms with Gasteiger partial charge in [-0.1, -0.05) is 24.3 Å². The van der Waals surface area contributed by atoms with Crippen LogP contribution in [0.1, 0.15) is 22.3 Å². The van der Waals surface area contributed by atoms with Crippen LogP contribution < -0.4 is 11.2 Å². The number of Topliss-reactive ketones (excluding diaryl/α,β-unsaturated/α-hetero) is 1. The van der Waals surface area contributed by atoms with E-state index in [4.69, 9.17) is 5.73 Å². The van der Waals surface area contributed by atoms with E-state index >= 15 is 0 Å². The summed E-state index contributed by atoms with van der Waals surface area (Å²) in [5.41, 5.74) is 9.99. The number of ketones is 1. The molecule has 4 nitrogen and oxygen atoms in total. The number of nitrogens with one attached hydrogen (secondary N) is 1. The zero-order chi connectivity index (χ0) is 10.8. The Labute approximate surface area is 92.2 Å². The van der Waals surface area contributed by atoms with Crippen LogP contribution in [0.5, 0.6) is 0 Å². The molecule has 0 aliphatic heterocycles. The number of fused-ring (bicyclic) bond motifs is 1. The van der Waals surface area contributed by atoms with Gasteiger partial charge in [-0.25, -0.2) is 0 Å². The quantitative estimate of drug-likeness (QED) is 0.542. The van der Waals surface area contributed by atoms with Gasteiger partial charge in [0.05, 0.1) is 12.1 Å². The van der Waals surface area contributed by atoms with E-state index in [0.29, 0.717) is 17.7 Å². The third kappa shape index (κ3) is 1.87. The maximum absolute atomic E-state index is 11.5. The van der Waals surface area contributed by atoms with Crippen LogP contribution in [0, 0.1) is 0 Å². The maximum Gasteiger partial charge on any atom is 0.184 e. The first-order chi connectivity index (χ1) is 7.18. The second kappa shape index (κ2) is 3.78. The average Bonchev–Trinajstić information content (AvgIpc) is 2.54. The molecule has 1 aromatic rings. The Balaban J connectivity index is 2.36. The Kier molecular flexibility index (Phi) is 2.47. The van der Waals surface area contributed by atoms with Crippen LogP contribution in [-0.4, -0.2) is 16.6 Å². The summed E-state index contributed by atoms with van der Waals surface area (Å²) in [5, 5.41) is 4.09. The van der Waals surface area contributed by atoms with Crippen LogP contribution in [0.3, 0.4) is 0 Å². The van der Waals surface area contributed by atoms with E-state index in [1.165, 1.54) is 0 Å². The zero-order valence-corrected chi connectivity index (χ0v) is 8.67. The van der Waals surface area contributed by atoms with Crippen molar-refractivity contribution in [3.05, 3.63) is 35.4 Å². The molecule has 5 heteroatoms. The maximum atomic E-state index is 11.5. The number of hydrazone groups is 1. The van der Waals surface area contributed by atoms with Crippen molar-refractivity contribution in [3.8, 4) is 0 Å². The van der Waals surface area contributed by atoms with E-state index in [1.54, 1.807) is 6.07 Å². The van der Waals surface area contributed by atoms with Crippen LogP contribution in [0.15, 0.2) is 29.4 Å². The minimum absolute atomic E-state index is 0.0779. The highest BCUT2D eigenvalue weighted by Gasteiger charge is 2.24. The Morgan fingerprint density at radius 3 is 2.73 bits per heavy atom. The lowest BCUT2D eigenvalue weighted by Gasteiger charge is -1.99. The molecule has 0 fully saturated rings. The fourth-order valence-corrected chi connectivity index (χ4v) is 1.59. The second-order valence-corrected chi connectivity index (χ2v) is 3.62. The van der Waals surface area contributed by atoms with Crippen molar-refractivity contribution in [2.45, 2.75) is 6.42 Å². The lowest BCUT2D eigenvalue weighted by atomic mass is 10.1. The van der Waals surface area contributed by atoms with E-state index in [-0.39, 0.29) is 10.9 Å². The van der Waals surface area contributed by atoms with Crippen LogP contribution in [0.2, 0.25) is 0 Å². The van der Waals surface area contributed by atoms with Gasteiger partial charge in [-0.15, -0.1) is 0 Å². The number of hydrogen-bond acceptors (Lipinski definition) is 3. The second-order valence-electron chi connectivity index (χ2n) is 3.18. The van der Waals surface area contributed by atoms with Gasteiger partial charge in [-0.2, -0.15) is 5.10 Å². The number of carbonyl (C=O) groups excluding carboxylic acids is 1. The van der Waals surface area contributed by atoms with Crippen LogP contribution in [0.4, 0.5) is 0 Å². The van der Waals surface area contributed by atoms with Crippen molar-refractivity contribution >= 4 is 28.8 Å². The van der Waals surface area contributed by atoms with Gasteiger partial charge in [0.25, 0.3) is 0 Å². The molecule has 0 atom stereocenters.